The van der Waals surface area contributed by atoms with Crippen molar-refractivity contribution in [2.24, 2.45) is 0 Å². The van der Waals surface area contributed by atoms with E-state index in [-0.39, 0.29) is 0 Å². The Balaban J connectivity index is 2.46. The lowest BCUT2D eigenvalue weighted by atomic mass is 10.4. The summed E-state index contributed by atoms with van der Waals surface area (Å²) in [6.07, 6.45) is 3.58. The summed E-state index contributed by atoms with van der Waals surface area (Å²) >= 11 is 0. The second-order valence-corrected chi connectivity index (χ2v) is 3.51. The monoisotopic (exact) mass is 224 g/mol. The van der Waals surface area contributed by atoms with Gasteiger partial charge in [0.25, 0.3) is 0 Å². The molecule has 0 radical (unpaired) electrons. The maximum atomic E-state index is 5.29. The summed E-state index contributed by atoms with van der Waals surface area (Å²) in [5.74, 6) is 0.875. The minimum absolute atomic E-state index is 0.715. The van der Waals surface area contributed by atoms with Crippen molar-refractivity contribution in [1.29, 1.82) is 0 Å². The Kier molecular flexibility index (Phi) is 5.74. The second-order valence-electron chi connectivity index (χ2n) is 3.51. The Morgan fingerprint density at radius 3 is 2.75 bits per heavy atom. The van der Waals surface area contributed by atoms with Crippen molar-refractivity contribution in [3.8, 4) is 0 Å². The summed E-state index contributed by atoms with van der Waals surface area (Å²) in [7, 11) is 3.88. The molecule has 1 aromatic heterocycles. The van der Waals surface area contributed by atoms with Crippen LogP contribution in [0.5, 0.6) is 0 Å². The molecule has 0 bridgehead atoms. The summed E-state index contributed by atoms with van der Waals surface area (Å²) in [5, 5.41) is 3.04. The number of hydrogen-bond donors (Lipinski definition) is 1. The molecule has 0 atom stereocenters. The lowest BCUT2D eigenvalue weighted by molar-refractivity contribution is 0.154. The number of nitrogens with zero attached hydrogens (tertiary/aromatic N) is 3. The molecule has 0 amide bonds. The number of ether oxygens (including phenoxy) is 1. The zero-order valence-corrected chi connectivity index (χ0v) is 10.2. The van der Waals surface area contributed by atoms with E-state index in [4.69, 9.17) is 4.74 Å². The Labute approximate surface area is 96.8 Å². The van der Waals surface area contributed by atoms with Gasteiger partial charge in [-0.3, -0.25) is 4.98 Å². The molecule has 0 aliphatic carbocycles. The smallest absolute Gasteiger partial charge is 0.146 e. The number of likely N-dealkylation sites (N-methyl/N-ethyl adjacent to an activating group) is 1. The van der Waals surface area contributed by atoms with Crippen LogP contribution in [0, 0.1) is 0 Å². The first-order valence-electron chi connectivity index (χ1n) is 5.52. The molecule has 5 heteroatoms. The molecule has 0 aliphatic rings. The summed E-state index contributed by atoms with van der Waals surface area (Å²) in [5.41, 5.74) is 0.949. The van der Waals surface area contributed by atoms with Crippen LogP contribution in [0.25, 0.3) is 0 Å². The largest absolute Gasteiger partial charge is 0.380 e. The fraction of sp³-hybridized carbons (Fsp3) is 0.636. The van der Waals surface area contributed by atoms with Gasteiger partial charge in [-0.2, -0.15) is 0 Å². The molecule has 0 spiro atoms. The van der Waals surface area contributed by atoms with E-state index in [1.54, 1.807) is 12.4 Å². The molecule has 90 valence electrons. The van der Waals surface area contributed by atoms with Crippen LogP contribution in [-0.2, 0) is 11.3 Å². The lowest BCUT2D eigenvalue weighted by Gasteiger charge is -2.17. The van der Waals surface area contributed by atoms with E-state index in [2.05, 4.69) is 15.3 Å². The van der Waals surface area contributed by atoms with Crippen molar-refractivity contribution < 1.29 is 4.74 Å². The minimum Gasteiger partial charge on any atom is -0.380 e. The molecule has 0 aliphatic heterocycles. The van der Waals surface area contributed by atoms with Crippen molar-refractivity contribution in [3.63, 3.8) is 0 Å². The Morgan fingerprint density at radius 1 is 1.38 bits per heavy atom. The molecule has 0 fully saturated rings. The normalized spacial score (nSPS) is 10.4. The van der Waals surface area contributed by atoms with Gasteiger partial charge in [-0.05, 0) is 14.0 Å². The summed E-state index contributed by atoms with van der Waals surface area (Å²) in [6, 6.07) is 0. The van der Waals surface area contributed by atoms with Gasteiger partial charge in [-0.25, -0.2) is 4.98 Å². The Bertz CT molecular complexity index is 289. The molecule has 0 unspecified atom stereocenters. The molecule has 0 aromatic carbocycles. The second kappa shape index (κ2) is 7.14. The van der Waals surface area contributed by atoms with Gasteiger partial charge in [0.2, 0.25) is 0 Å². The van der Waals surface area contributed by atoms with E-state index in [1.807, 2.05) is 25.9 Å². The third-order valence-corrected chi connectivity index (χ3v) is 2.22. The summed E-state index contributed by atoms with van der Waals surface area (Å²) in [4.78, 5) is 10.7. The van der Waals surface area contributed by atoms with Crippen molar-refractivity contribution in [1.82, 2.24) is 15.3 Å². The van der Waals surface area contributed by atoms with Crippen LogP contribution in [0.2, 0.25) is 0 Å². The van der Waals surface area contributed by atoms with Crippen molar-refractivity contribution in [2.45, 2.75) is 13.5 Å². The van der Waals surface area contributed by atoms with Crippen LogP contribution in [0.15, 0.2) is 12.4 Å². The van der Waals surface area contributed by atoms with Crippen LogP contribution >= 0.6 is 0 Å². The molecule has 1 rings (SSSR count). The van der Waals surface area contributed by atoms with E-state index in [0.717, 1.165) is 31.2 Å². The van der Waals surface area contributed by atoms with Gasteiger partial charge in [0.15, 0.2) is 0 Å². The van der Waals surface area contributed by atoms with Gasteiger partial charge in [0.1, 0.15) is 5.82 Å². The molecule has 1 N–H and O–H groups in total. The number of nitrogens with one attached hydrogen (secondary N) is 1. The zero-order valence-electron chi connectivity index (χ0n) is 10.2. The van der Waals surface area contributed by atoms with Gasteiger partial charge < -0.3 is 15.0 Å². The van der Waals surface area contributed by atoms with E-state index in [9.17, 15) is 0 Å². The molecule has 1 aromatic rings. The highest BCUT2D eigenvalue weighted by Gasteiger charge is 2.02. The molecule has 0 saturated carbocycles. The fourth-order valence-electron chi connectivity index (χ4n) is 1.28. The zero-order chi connectivity index (χ0) is 11.8. The standard InChI is InChI=1S/C11H20N4O/c1-4-16-6-5-15(3)11-9-13-10(7-12-2)8-14-11/h8-9,12H,4-7H2,1-3H3. The maximum absolute atomic E-state index is 5.29. The third kappa shape index (κ3) is 4.12. The first-order chi connectivity index (χ1) is 7.77. The van der Waals surface area contributed by atoms with Gasteiger partial charge in [0, 0.05) is 26.7 Å². The van der Waals surface area contributed by atoms with Crippen LogP contribution in [-0.4, -0.2) is 43.8 Å². The van der Waals surface area contributed by atoms with E-state index < -0.39 is 0 Å². The Morgan fingerprint density at radius 2 is 2.19 bits per heavy atom. The van der Waals surface area contributed by atoms with Gasteiger partial charge >= 0.3 is 0 Å². The van der Waals surface area contributed by atoms with Crippen LogP contribution < -0.4 is 10.2 Å². The molecular formula is C11H20N4O. The van der Waals surface area contributed by atoms with Crippen LogP contribution in [0.1, 0.15) is 12.6 Å². The fourth-order valence-corrected chi connectivity index (χ4v) is 1.28. The SMILES string of the molecule is CCOCCN(C)c1cnc(CNC)cn1. The predicted octanol–water partition coefficient (Wildman–Crippen LogP) is 0.669. The minimum atomic E-state index is 0.715. The molecule has 5 nitrogen and oxygen atoms in total. The highest BCUT2D eigenvalue weighted by atomic mass is 16.5. The third-order valence-electron chi connectivity index (χ3n) is 2.22. The van der Waals surface area contributed by atoms with Crippen molar-refractivity contribution in [3.05, 3.63) is 18.1 Å². The first kappa shape index (κ1) is 12.9. The number of hydrogen-bond acceptors (Lipinski definition) is 5. The Hall–Kier alpha value is -1.20. The molecule has 1 heterocycles. The summed E-state index contributed by atoms with van der Waals surface area (Å²) in [6.45, 7) is 5.03. The van der Waals surface area contributed by atoms with E-state index >= 15 is 0 Å². The highest BCUT2D eigenvalue weighted by molar-refractivity contribution is 5.34. The van der Waals surface area contributed by atoms with Gasteiger partial charge in [-0.1, -0.05) is 0 Å². The topological polar surface area (TPSA) is 50.3 Å². The molecule has 16 heavy (non-hydrogen) atoms. The highest BCUT2D eigenvalue weighted by Crippen LogP contribution is 2.06. The summed E-state index contributed by atoms with van der Waals surface area (Å²) < 4.78 is 5.29. The van der Waals surface area contributed by atoms with Gasteiger partial charge in [0.05, 0.1) is 24.7 Å². The first-order valence-corrected chi connectivity index (χ1v) is 5.52. The van der Waals surface area contributed by atoms with Gasteiger partial charge in [-0.15, -0.1) is 0 Å². The lowest BCUT2D eigenvalue weighted by Crippen LogP contribution is -2.23. The molecule has 0 saturated heterocycles. The number of anilines is 1. The van der Waals surface area contributed by atoms with Crippen LogP contribution in [0.4, 0.5) is 5.82 Å². The van der Waals surface area contributed by atoms with E-state index in [0.29, 0.717) is 6.61 Å². The predicted molar refractivity (Wildman–Crippen MR) is 64.6 cm³/mol. The number of rotatable bonds is 7. The maximum Gasteiger partial charge on any atom is 0.146 e. The average Bonchev–Trinajstić information content (AvgIpc) is 2.30. The number of aromatic nitrogens is 2. The van der Waals surface area contributed by atoms with Crippen LogP contribution in [0.3, 0.4) is 0 Å². The molecular weight excluding hydrogens is 204 g/mol. The van der Waals surface area contributed by atoms with E-state index in [1.165, 1.54) is 0 Å². The van der Waals surface area contributed by atoms with Crippen molar-refractivity contribution >= 4 is 5.82 Å². The van der Waals surface area contributed by atoms with Crippen molar-refractivity contribution in [2.75, 3.05) is 38.8 Å². The quantitative estimate of drug-likeness (QED) is 0.690. The average molecular weight is 224 g/mol.